The Morgan fingerprint density at radius 1 is 1.24 bits per heavy atom. The van der Waals surface area contributed by atoms with E-state index >= 15 is 0 Å². The molecule has 0 saturated carbocycles. The average Bonchev–Trinajstić information content (AvgIpc) is 3.25. The predicted octanol–water partition coefficient (Wildman–Crippen LogP) is 4.14. The van der Waals surface area contributed by atoms with Gasteiger partial charge in [-0.3, -0.25) is 24.6 Å². The molecule has 0 radical (unpaired) electrons. The number of thioether (sulfide) groups is 1. The van der Waals surface area contributed by atoms with Crippen LogP contribution >= 0.6 is 23.1 Å². The van der Waals surface area contributed by atoms with E-state index in [0.29, 0.717) is 22.9 Å². The van der Waals surface area contributed by atoms with E-state index in [2.05, 4.69) is 10.3 Å². The van der Waals surface area contributed by atoms with Crippen molar-refractivity contribution < 1.29 is 19.1 Å². The highest BCUT2D eigenvalue weighted by Crippen LogP contribution is 2.29. The maximum Gasteiger partial charge on any atom is 0.289 e. The number of hydrogen-bond acceptors (Lipinski definition) is 7. The summed E-state index contributed by atoms with van der Waals surface area (Å²) in [6, 6.07) is 12.5. The minimum atomic E-state index is -0.301. The molecule has 1 aromatic heterocycles. The van der Waals surface area contributed by atoms with Crippen LogP contribution in [-0.4, -0.2) is 39.3 Å². The molecule has 2 aromatic carbocycles. The van der Waals surface area contributed by atoms with Crippen molar-refractivity contribution in [1.82, 2.24) is 9.88 Å². The van der Waals surface area contributed by atoms with E-state index < -0.39 is 0 Å². The summed E-state index contributed by atoms with van der Waals surface area (Å²) in [5, 5.41) is 3.05. The summed E-state index contributed by atoms with van der Waals surface area (Å²) in [5.74, 6) is 0.417. The number of nitrogens with zero attached hydrogens (tertiary/aromatic N) is 2. The van der Waals surface area contributed by atoms with Gasteiger partial charge in [0.2, 0.25) is 5.91 Å². The Labute approximate surface area is 175 Å². The van der Waals surface area contributed by atoms with E-state index in [-0.39, 0.29) is 29.4 Å². The third kappa shape index (κ3) is 4.25. The number of anilines is 1. The Hall–Kier alpha value is -2.91. The molecule has 0 bridgehead atoms. The quantitative estimate of drug-likeness (QED) is 0.636. The molecule has 148 valence electrons. The van der Waals surface area contributed by atoms with Crippen LogP contribution in [0.25, 0.3) is 10.2 Å². The number of thiazole rings is 1. The first kappa shape index (κ1) is 19.4. The second-order valence-corrected chi connectivity index (χ2v) is 8.23. The number of nitrogens with one attached hydrogen (secondary N) is 1. The van der Waals surface area contributed by atoms with Crippen molar-refractivity contribution >= 4 is 55.5 Å². The van der Waals surface area contributed by atoms with Crippen LogP contribution in [0.5, 0.6) is 5.75 Å². The highest BCUT2D eigenvalue weighted by atomic mass is 32.2. The van der Waals surface area contributed by atoms with Crippen molar-refractivity contribution in [2.24, 2.45) is 0 Å². The second-order valence-electron chi connectivity index (χ2n) is 6.27. The molecular weight excluding hydrogens is 410 g/mol. The number of benzene rings is 2. The number of imide groups is 1. The lowest BCUT2D eigenvalue weighted by molar-refractivity contribution is -0.125. The number of aromatic nitrogens is 1. The molecule has 1 aliphatic rings. The van der Waals surface area contributed by atoms with E-state index in [4.69, 9.17) is 4.74 Å². The zero-order valence-electron chi connectivity index (χ0n) is 15.5. The van der Waals surface area contributed by atoms with Gasteiger partial charge in [-0.1, -0.05) is 35.2 Å². The SMILES string of the molecule is CCOc1ccc2nc(NC(=O)c3cccc(CN4C(=O)CSC4=O)c3)sc2c1. The van der Waals surface area contributed by atoms with Gasteiger partial charge in [-0.15, -0.1) is 0 Å². The maximum atomic E-state index is 12.7. The Kier molecular flexibility index (Phi) is 5.50. The first-order valence-electron chi connectivity index (χ1n) is 8.94. The fraction of sp³-hybridized carbons (Fsp3) is 0.200. The van der Waals surface area contributed by atoms with Crippen LogP contribution in [-0.2, 0) is 11.3 Å². The molecule has 1 N–H and O–H groups in total. The molecule has 3 amide bonds. The summed E-state index contributed by atoms with van der Waals surface area (Å²) in [5.41, 5.74) is 1.93. The van der Waals surface area contributed by atoms with E-state index in [0.717, 1.165) is 27.7 Å². The molecule has 1 fully saturated rings. The monoisotopic (exact) mass is 427 g/mol. The normalized spacial score (nSPS) is 13.9. The van der Waals surface area contributed by atoms with E-state index in [9.17, 15) is 14.4 Å². The number of hydrogen-bond donors (Lipinski definition) is 1. The minimum absolute atomic E-state index is 0.160. The molecule has 9 heteroatoms. The van der Waals surface area contributed by atoms with Crippen molar-refractivity contribution in [2.45, 2.75) is 13.5 Å². The van der Waals surface area contributed by atoms with Crippen molar-refractivity contribution in [3.05, 3.63) is 53.6 Å². The van der Waals surface area contributed by atoms with Crippen molar-refractivity contribution in [3.63, 3.8) is 0 Å². The Morgan fingerprint density at radius 2 is 2.10 bits per heavy atom. The number of amides is 3. The van der Waals surface area contributed by atoms with Gasteiger partial charge in [0.1, 0.15) is 5.75 Å². The van der Waals surface area contributed by atoms with Crippen molar-refractivity contribution in [3.8, 4) is 5.75 Å². The fourth-order valence-corrected chi connectivity index (χ4v) is 4.53. The maximum absolute atomic E-state index is 12.7. The van der Waals surface area contributed by atoms with Gasteiger partial charge in [0.15, 0.2) is 5.13 Å². The second kappa shape index (κ2) is 8.22. The van der Waals surface area contributed by atoms with Gasteiger partial charge in [0.25, 0.3) is 11.1 Å². The van der Waals surface area contributed by atoms with Crippen LogP contribution in [0, 0.1) is 0 Å². The first-order chi connectivity index (χ1) is 14.0. The van der Waals surface area contributed by atoms with E-state index in [1.54, 1.807) is 24.3 Å². The van der Waals surface area contributed by atoms with Crippen LogP contribution in [0.4, 0.5) is 9.93 Å². The first-order valence-corrected chi connectivity index (χ1v) is 10.7. The average molecular weight is 428 g/mol. The molecule has 0 aliphatic carbocycles. The molecule has 2 heterocycles. The number of rotatable bonds is 6. The summed E-state index contributed by atoms with van der Waals surface area (Å²) in [6.45, 7) is 2.66. The van der Waals surface area contributed by atoms with Crippen LogP contribution < -0.4 is 10.1 Å². The molecule has 0 unspecified atom stereocenters. The fourth-order valence-electron chi connectivity index (χ4n) is 2.91. The van der Waals surface area contributed by atoms with Gasteiger partial charge in [-0.25, -0.2) is 4.98 Å². The van der Waals surface area contributed by atoms with Gasteiger partial charge < -0.3 is 4.74 Å². The highest BCUT2D eigenvalue weighted by molar-refractivity contribution is 8.14. The van der Waals surface area contributed by atoms with E-state index in [1.807, 2.05) is 25.1 Å². The smallest absolute Gasteiger partial charge is 0.289 e. The molecule has 7 nitrogen and oxygen atoms in total. The Balaban J connectivity index is 1.49. The van der Waals surface area contributed by atoms with Crippen LogP contribution in [0.1, 0.15) is 22.8 Å². The summed E-state index contributed by atoms with van der Waals surface area (Å²) in [4.78, 5) is 41.9. The molecule has 4 rings (SSSR count). The minimum Gasteiger partial charge on any atom is -0.494 e. The van der Waals surface area contributed by atoms with Gasteiger partial charge in [-0.05, 0) is 42.8 Å². The van der Waals surface area contributed by atoms with Crippen molar-refractivity contribution in [1.29, 1.82) is 0 Å². The van der Waals surface area contributed by atoms with Crippen LogP contribution in [0.2, 0.25) is 0 Å². The van der Waals surface area contributed by atoms with Crippen molar-refractivity contribution in [2.75, 3.05) is 17.7 Å². The lowest BCUT2D eigenvalue weighted by Gasteiger charge is -2.13. The molecule has 29 heavy (non-hydrogen) atoms. The summed E-state index contributed by atoms with van der Waals surface area (Å²) in [6.07, 6.45) is 0. The predicted molar refractivity (Wildman–Crippen MR) is 114 cm³/mol. The van der Waals surface area contributed by atoms with Crippen LogP contribution in [0.3, 0.4) is 0 Å². The molecule has 0 spiro atoms. The zero-order valence-corrected chi connectivity index (χ0v) is 17.1. The zero-order chi connectivity index (χ0) is 20.4. The topological polar surface area (TPSA) is 88.6 Å². The van der Waals surface area contributed by atoms with Gasteiger partial charge in [-0.2, -0.15) is 0 Å². The summed E-state index contributed by atoms with van der Waals surface area (Å²) >= 11 is 2.36. The largest absolute Gasteiger partial charge is 0.494 e. The highest BCUT2D eigenvalue weighted by Gasteiger charge is 2.29. The number of ether oxygens (including phenoxy) is 1. The van der Waals surface area contributed by atoms with Gasteiger partial charge in [0.05, 0.1) is 29.1 Å². The summed E-state index contributed by atoms with van der Waals surface area (Å²) < 4.78 is 6.41. The molecule has 1 saturated heterocycles. The lowest BCUT2D eigenvalue weighted by atomic mass is 10.1. The number of fused-ring (bicyclic) bond motifs is 1. The molecule has 3 aromatic rings. The molecule has 1 aliphatic heterocycles. The number of carbonyl (C=O) groups excluding carboxylic acids is 3. The third-order valence-corrected chi connectivity index (χ3v) is 6.05. The standard InChI is InChI=1S/C20H17N3O4S2/c1-2-27-14-6-7-15-16(9-14)29-19(21-15)22-18(25)13-5-3-4-12(8-13)10-23-17(24)11-28-20(23)26/h3-9H,2,10-11H2,1H3,(H,21,22,25). The Morgan fingerprint density at radius 3 is 2.86 bits per heavy atom. The number of carbonyl (C=O) groups is 3. The summed E-state index contributed by atoms with van der Waals surface area (Å²) in [7, 11) is 0. The van der Waals surface area contributed by atoms with Gasteiger partial charge in [0, 0.05) is 5.56 Å². The lowest BCUT2D eigenvalue weighted by Crippen LogP contribution is -2.28. The Bertz CT molecular complexity index is 1100. The van der Waals surface area contributed by atoms with E-state index in [1.165, 1.54) is 16.2 Å². The molecule has 0 atom stereocenters. The van der Waals surface area contributed by atoms with Gasteiger partial charge >= 0.3 is 0 Å². The third-order valence-electron chi connectivity index (χ3n) is 4.26. The molecular formula is C20H17N3O4S2. The van der Waals surface area contributed by atoms with Crippen LogP contribution in [0.15, 0.2) is 42.5 Å².